The zero-order valence-corrected chi connectivity index (χ0v) is 21.8. The van der Waals surface area contributed by atoms with Gasteiger partial charge in [0.1, 0.15) is 36.3 Å². The van der Waals surface area contributed by atoms with Gasteiger partial charge >= 0.3 is 0 Å². The third kappa shape index (κ3) is 7.06. The van der Waals surface area contributed by atoms with Gasteiger partial charge in [0.25, 0.3) is 5.91 Å². The first-order chi connectivity index (χ1) is 19.0. The van der Waals surface area contributed by atoms with E-state index >= 15 is 0 Å². The van der Waals surface area contributed by atoms with Crippen molar-refractivity contribution in [2.45, 2.75) is 19.6 Å². The molecule has 0 saturated carbocycles. The van der Waals surface area contributed by atoms with Gasteiger partial charge in [-0.05, 0) is 42.8 Å². The normalized spacial score (nSPS) is 11.3. The Morgan fingerprint density at radius 3 is 2.62 bits per heavy atom. The van der Waals surface area contributed by atoms with Crippen LogP contribution in [0.15, 0.2) is 61.4 Å². The number of nitrogens with zero attached hydrogens (tertiary/aromatic N) is 6. The molecule has 39 heavy (non-hydrogen) atoms. The molecular weight excluding hydrogens is 500 g/mol. The Bertz CT molecular complexity index is 1440. The van der Waals surface area contributed by atoms with E-state index in [9.17, 15) is 10.1 Å². The van der Waals surface area contributed by atoms with Gasteiger partial charge in [-0.1, -0.05) is 6.07 Å². The molecule has 0 radical (unpaired) electrons. The summed E-state index contributed by atoms with van der Waals surface area (Å²) in [5.41, 5.74) is 3.03. The number of nitriles is 1. The maximum atomic E-state index is 12.3. The van der Waals surface area contributed by atoms with Crippen molar-refractivity contribution < 1.29 is 19.0 Å². The van der Waals surface area contributed by atoms with Gasteiger partial charge in [0.05, 0.1) is 31.5 Å². The molecule has 12 heteroatoms. The van der Waals surface area contributed by atoms with E-state index < -0.39 is 0 Å². The number of carbonyl (C=O) groups excluding carboxylic acids is 1. The molecule has 4 aromatic rings. The summed E-state index contributed by atoms with van der Waals surface area (Å²) in [7, 11) is 3.10. The van der Waals surface area contributed by atoms with Gasteiger partial charge < -0.3 is 24.8 Å². The Kier molecular flexibility index (Phi) is 8.99. The van der Waals surface area contributed by atoms with Gasteiger partial charge in [0.2, 0.25) is 5.95 Å². The number of rotatable bonds is 12. The monoisotopic (exact) mass is 528 g/mol. The summed E-state index contributed by atoms with van der Waals surface area (Å²) in [4.78, 5) is 25.1. The molecule has 0 spiro atoms. The number of hydrogen-bond donors (Lipinski definition) is 2. The Hall–Kier alpha value is -5.02. The van der Waals surface area contributed by atoms with Crippen LogP contribution >= 0.6 is 0 Å². The average Bonchev–Trinajstić information content (AvgIpc) is 3.46. The lowest BCUT2D eigenvalue weighted by atomic mass is 10.1. The molecule has 12 nitrogen and oxygen atoms in total. The van der Waals surface area contributed by atoms with E-state index in [1.165, 1.54) is 13.4 Å². The Morgan fingerprint density at radius 1 is 1.10 bits per heavy atom. The highest BCUT2D eigenvalue weighted by Crippen LogP contribution is 2.30. The molecule has 0 bridgehead atoms. The lowest BCUT2D eigenvalue weighted by Gasteiger charge is -2.16. The third-order valence-electron chi connectivity index (χ3n) is 5.63. The van der Waals surface area contributed by atoms with Gasteiger partial charge in [-0.25, -0.2) is 19.6 Å². The molecule has 0 fully saturated rings. The fraction of sp³-hybridized carbons (Fsp3) is 0.259. The zero-order valence-electron chi connectivity index (χ0n) is 21.8. The van der Waals surface area contributed by atoms with E-state index in [-0.39, 0.29) is 12.0 Å². The second-order valence-corrected chi connectivity index (χ2v) is 8.45. The molecule has 2 aromatic carbocycles. The predicted molar refractivity (Wildman–Crippen MR) is 143 cm³/mol. The highest BCUT2D eigenvalue weighted by molar-refractivity contribution is 5.95. The largest absolute Gasteiger partial charge is 0.495 e. The summed E-state index contributed by atoms with van der Waals surface area (Å²) in [6.45, 7) is 3.22. The lowest BCUT2D eigenvalue weighted by Crippen LogP contribution is -2.26. The third-order valence-corrected chi connectivity index (χ3v) is 5.63. The minimum absolute atomic E-state index is 0.226. The van der Waals surface area contributed by atoms with E-state index in [1.807, 2.05) is 13.0 Å². The van der Waals surface area contributed by atoms with Gasteiger partial charge in [0.15, 0.2) is 0 Å². The van der Waals surface area contributed by atoms with Gasteiger partial charge in [0, 0.05) is 37.2 Å². The van der Waals surface area contributed by atoms with E-state index in [4.69, 9.17) is 14.2 Å². The number of anilines is 2. The van der Waals surface area contributed by atoms with Crippen LogP contribution in [0.5, 0.6) is 11.5 Å². The molecule has 0 aliphatic rings. The Balaban J connectivity index is 1.46. The first-order valence-electron chi connectivity index (χ1n) is 12.1. The van der Waals surface area contributed by atoms with Crippen LogP contribution in [0, 0.1) is 11.3 Å². The van der Waals surface area contributed by atoms with Crippen molar-refractivity contribution in [1.29, 1.82) is 5.26 Å². The lowest BCUT2D eigenvalue weighted by molar-refractivity contribution is 0.0936. The molecule has 4 rings (SSSR count). The molecule has 0 aliphatic heterocycles. The van der Waals surface area contributed by atoms with E-state index in [0.717, 1.165) is 11.1 Å². The maximum Gasteiger partial charge on any atom is 0.251 e. The van der Waals surface area contributed by atoms with Crippen molar-refractivity contribution in [1.82, 2.24) is 30.0 Å². The minimum atomic E-state index is -0.241. The van der Waals surface area contributed by atoms with Crippen LogP contribution in [0.25, 0.3) is 11.1 Å². The second kappa shape index (κ2) is 13.0. The van der Waals surface area contributed by atoms with Crippen molar-refractivity contribution in [3.8, 4) is 28.7 Å². The first kappa shape index (κ1) is 27.0. The van der Waals surface area contributed by atoms with Crippen molar-refractivity contribution in [3.63, 3.8) is 0 Å². The zero-order chi connectivity index (χ0) is 27.6. The average molecular weight is 529 g/mol. The number of amides is 1. The molecule has 2 heterocycles. The maximum absolute atomic E-state index is 12.3. The number of hydrogen-bond acceptors (Lipinski definition) is 10. The van der Waals surface area contributed by atoms with Crippen LogP contribution in [-0.2, 0) is 11.3 Å². The molecule has 1 amide bonds. The number of methoxy groups -OCH3 is 2. The van der Waals surface area contributed by atoms with E-state index in [0.29, 0.717) is 54.0 Å². The van der Waals surface area contributed by atoms with Crippen LogP contribution in [0.4, 0.5) is 11.6 Å². The van der Waals surface area contributed by atoms with Crippen LogP contribution in [0.2, 0.25) is 0 Å². The van der Waals surface area contributed by atoms with E-state index in [1.54, 1.807) is 60.8 Å². The first-order valence-corrected chi connectivity index (χ1v) is 12.1. The standard InChI is InChI=1S/C27H28N8O4/c1-18(15-35-17-29-16-33-35)39-24-10-19(4-5-21(24)12-28)22-13-31-27(32-14-22)34-23-7-6-20(11-25(23)38-3)26(36)30-8-9-37-2/h4-7,10-11,13-14,16-18H,8-9,15H2,1-3H3,(H,30,36)(H,31,32,34)/t18-/m0/s1. The minimum Gasteiger partial charge on any atom is -0.495 e. The summed E-state index contributed by atoms with van der Waals surface area (Å²) < 4.78 is 18.1. The molecule has 2 aromatic heterocycles. The molecule has 0 saturated heterocycles. The highest BCUT2D eigenvalue weighted by atomic mass is 16.5. The molecule has 200 valence electrons. The predicted octanol–water partition coefficient (Wildman–Crippen LogP) is 3.20. The number of aromatic nitrogens is 5. The van der Waals surface area contributed by atoms with Gasteiger partial charge in [-0.15, -0.1) is 0 Å². The number of nitrogens with one attached hydrogen (secondary N) is 2. The summed E-state index contributed by atoms with van der Waals surface area (Å²) in [6, 6.07) is 12.5. The fourth-order valence-corrected chi connectivity index (χ4v) is 3.70. The van der Waals surface area contributed by atoms with E-state index in [2.05, 4.69) is 36.8 Å². The fourth-order valence-electron chi connectivity index (χ4n) is 3.70. The Morgan fingerprint density at radius 2 is 1.92 bits per heavy atom. The number of carbonyl (C=O) groups is 1. The molecule has 0 aliphatic carbocycles. The quantitative estimate of drug-likeness (QED) is 0.263. The smallest absolute Gasteiger partial charge is 0.251 e. The summed E-state index contributed by atoms with van der Waals surface area (Å²) >= 11 is 0. The van der Waals surface area contributed by atoms with Crippen molar-refractivity contribution in [3.05, 3.63) is 72.6 Å². The van der Waals surface area contributed by atoms with Gasteiger partial charge in [-0.3, -0.25) is 4.79 Å². The van der Waals surface area contributed by atoms with Crippen LogP contribution in [0.3, 0.4) is 0 Å². The SMILES string of the molecule is COCCNC(=O)c1ccc(Nc2ncc(-c3ccc(C#N)c(O[C@@H](C)Cn4cncn4)c3)cn2)c(OC)c1. The van der Waals surface area contributed by atoms with Crippen molar-refractivity contribution in [2.24, 2.45) is 0 Å². The second-order valence-electron chi connectivity index (χ2n) is 8.45. The summed E-state index contributed by atoms with van der Waals surface area (Å²) in [6.07, 6.45) is 6.17. The number of ether oxygens (including phenoxy) is 3. The highest BCUT2D eigenvalue weighted by Gasteiger charge is 2.14. The summed E-state index contributed by atoms with van der Waals surface area (Å²) in [5, 5.41) is 19.5. The van der Waals surface area contributed by atoms with Gasteiger partial charge in [-0.2, -0.15) is 10.4 Å². The van der Waals surface area contributed by atoms with Crippen LogP contribution in [-0.4, -0.2) is 64.1 Å². The number of benzene rings is 2. The Labute approximate surface area is 225 Å². The topological polar surface area (TPSA) is 149 Å². The van der Waals surface area contributed by atoms with Crippen LogP contribution in [0.1, 0.15) is 22.8 Å². The molecule has 2 N–H and O–H groups in total. The molecule has 0 unspecified atom stereocenters. The molecular formula is C27H28N8O4. The van der Waals surface area contributed by atoms with Crippen molar-refractivity contribution in [2.75, 3.05) is 32.7 Å². The molecule has 1 atom stereocenters. The summed E-state index contributed by atoms with van der Waals surface area (Å²) in [5.74, 6) is 1.05. The van der Waals surface area contributed by atoms with Crippen LogP contribution < -0.4 is 20.1 Å². The van der Waals surface area contributed by atoms with Crippen molar-refractivity contribution >= 4 is 17.5 Å².